The zero-order chi connectivity index (χ0) is 33.0. The number of sulfonamides is 1. The Hall–Kier alpha value is -4.00. The average molecular weight is 655 g/mol. The Morgan fingerprint density at radius 2 is 1.63 bits per heavy atom. The van der Waals surface area contributed by atoms with E-state index in [4.69, 9.17) is 0 Å². The topological polar surface area (TPSA) is 117 Å². The number of fused-ring (bicyclic) bond motifs is 2. The number of benzene rings is 3. The van der Waals surface area contributed by atoms with E-state index < -0.39 is 63.0 Å². The molecule has 1 unspecified atom stereocenters. The minimum Gasteiger partial charge on any atom is -0.480 e. The zero-order valence-electron chi connectivity index (χ0n) is 25.0. The number of aliphatic hydroxyl groups excluding tert-OH is 1. The lowest BCUT2D eigenvalue weighted by molar-refractivity contribution is -0.142. The zero-order valence-corrected chi connectivity index (χ0v) is 25.8. The molecule has 8 nitrogen and oxygen atoms in total. The number of pyridine rings is 1. The van der Waals surface area contributed by atoms with Crippen LogP contribution in [0, 0.1) is 0 Å². The average Bonchev–Trinajstić information content (AvgIpc) is 3.02. The van der Waals surface area contributed by atoms with Crippen LogP contribution < -0.4 is 5.56 Å². The van der Waals surface area contributed by atoms with Gasteiger partial charge in [0, 0.05) is 23.7 Å². The van der Waals surface area contributed by atoms with Crippen molar-refractivity contribution in [2.75, 3.05) is 6.54 Å². The number of nitrogens with zero attached hydrogens (tertiary/aromatic N) is 2. The predicted octanol–water partition coefficient (Wildman–Crippen LogP) is 5.77. The first-order valence-corrected chi connectivity index (χ1v) is 16.6. The van der Waals surface area contributed by atoms with Gasteiger partial charge in [-0.2, -0.15) is 17.5 Å². The summed E-state index contributed by atoms with van der Waals surface area (Å²) < 4.78 is 73.3. The molecular weight excluding hydrogens is 621 g/mol. The van der Waals surface area contributed by atoms with Crippen LogP contribution in [0.5, 0.6) is 0 Å². The number of hydrogen-bond acceptors (Lipinski definition) is 5. The van der Waals surface area contributed by atoms with Crippen molar-refractivity contribution in [1.29, 1.82) is 0 Å². The molecule has 1 saturated carbocycles. The Labute approximate surface area is 263 Å². The van der Waals surface area contributed by atoms with Crippen molar-refractivity contribution in [2.45, 2.75) is 74.8 Å². The lowest BCUT2D eigenvalue weighted by Gasteiger charge is -2.41. The van der Waals surface area contributed by atoms with Crippen LogP contribution >= 0.6 is 0 Å². The molecule has 0 saturated heterocycles. The number of aliphatic hydroxyl groups is 1. The lowest BCUT2D eigenvalue weighted by Crippen LogP contribution is -2.54. The van der Waals surface area contributed by atoms with Gasteiger partial charge < -0.3 is 10.2 Å². The summed E-state index contributed by atoms with van der Waals surface area (Å²) in [4.78, 5) is 27.0. The number of rotatable bonds is 6. The first kappa shape index (κ1) is 32.0. The van der Waals surface area contributed by atoms with Crippen LogP contribution in [0.25, 0.3) is 21.9 Å². The van der Waals surface area contributed by atoms with Crippen LogP contribution in [-0.2, 0) is 33.8 Å². The SMILES string of the molecule is CCc1c(Cc2cccc3ccccc23)c(-c2cccc(C(F)(F)F)c2)c2n(c1=O)C(C(=O)O)CN([C@H]1CC[C@@H](O)CC1)S2(=O)=O. The molecule has 0 amide bonds. The number of carboxylic acid groups (broad SMARTS) is 1. The number of aromatic nitrogens is 1. The van der Waals surface area contributed by atoms with Gasteiger partial charge >= 0.3 is 12.1 Å². The fourth-order valence-electron chi connectivity index (χ4n) is 6.99. The van der Waals surface area contributed by atoms with Crippen molar-refractivity contribution < 1.29 is 36.6 Å². The van der Waals surface area contributed by atoms with Gasteiger partial charge in [0.15, 0.2) is 5.03 Å². The van der Waals surface area contributed by atoms with Crippen molar-refractivity contribution in [3.05, 3.63) is 99.3 Å². The van der Waals surface area contributed by atoms with Crippen LogP contribution in [0.4, 0.5) is 13.2 Å². The van der Waals surface area contributed by atoms with E-state index in [9.17, 15) is 41.4 Å². The lowest BCUT2D eigenvalue weighted by atomic mass is 9.89. The number of halogens is 3. The molecule has 3 aromatic carbocycles. The Balaban J connectivity index is 1.71. The van der Waals surface area contributed by atoms with E-state index in [1.165, 1.54) is 12.1 Å². The first-order chi connectivity index (χ1) is 21.8. The molecule has 12 heteroatoms. The third kappa shape index (κ3) is 5.52. The summed E-state index contributed by atoms with van der Waals surface area (Å²) in [6.45, 7) is 1.16. The van der Waals surface area contributed by atoms with E-state index in [0.29, 0.717) is 12.8 Å². The normalized spacial score (nSPS) is 21.6. The highest BCUT2D eigenvalue weighted by molar-refractivity contribution is 7.89. The van der Waals surface area contributed by atoms with Crippen molar-refractivity contribution in [1.82, 2.24) is 8.87 Å². The maximum Gasteiger partial charge on any atom is 0.416 e. The third-order valence-corrected chi connectivity index (χ3v) is 11.2. The van der Waals surface area contributed by atoms with Gasteiger partial charge in [0.05, 0.1) is 11.7 Å². The molecule has 0 bridgehead atoms. The summed E-state index contributed by atoms with van der Waals surface area (Å²) >= 11 is 0. The fourth-order valence-corrected chi connectivity index (χ4v) is 9.11. The molecule has 0 spiro atoms. The summed E-state index contributed by atoms with van der Waals surface area (Å²) in [5.41, 5.74) is -0.892. The predicted molar refractivity (Wildman–Crippen MR) is 166 cm³/mol. The summed E-state index contributed by atoms with van der Waals surface area (Å²) in [6.07, 6.45) is -4.11. The van der Waals surface area contributed by atoms with E-state index in [1.807, 2.05) is 42.5 Å². The molecule has 2 aliphatic rings. The van der Waals surface area contributed by atoms with Crippen molar-refractivity contribution in [3.8, 4) is 11.1 Å². The maximum atomic E-state index is 14.7. The molecule has 1 atom stereocenters. The molecule has 1 aliphatic carbocycles. The fraction of sp³-hybridized carbons (Fsp3) is 0.353. The number of carbonyl (C=O) groups is 1. The van der Waals surface area contributed by atoms with E-state index in [0.717, 1.165) is 37.3 Å². The van der Waals surface area contributed by atoms with Crippen molar-refractivity contribution in [2.24, 2.45) is 0 Å². The van der Waals surface area contributed by atoms with Gasteiger partial charge in [0.2, 0.25) is 0 Å². The summed E-state index contributed by atoms with van der Waals surface area (Å²) in [6, 6.07) is 15.0. The third-order valence-electron chi connectivity index (χ3n) is 9.23. The quantitative estimate of drug-likeness (QED) is 0.273. The maximum absolute atomic E-state index is 14.7. The van der Waals surface area contributed by atoms with Gasteiger partial charge in [0.25, 0.3) is 15.6 Å². The molecule has 2 N–H and O–H groups in total. The Morgan fingerprint density at radius 3 is 2.30 bits per heavy atom. The number of aliphatic carboxylic acids is 1. The largest absolute Gasteiger partial charge is 0.480 e. The summed E-state index contributed by atoms with van der Waals surface area (Å²) in [5, 5.41) is 21.5. The van der Waals surface area contributed by atoms with E-state index >= 15 is 0 Å². The van der Waals surface area contributed by atoms with Crippen molar-refractivity contribution >= 4 is 26.8 Å². The minimum absolute atomic E-state index is 0.0159. The van der Waals surface area contributed by atoms with Gasteiger partial charge in [-0.25, -0.2) is 13.2 Å². The van der Waals surface area contributed by atoms with Crippen LogP contribution in [0.2, 0.25) is 0 Å². The number of alkyl halides is 3. The van der Waals surface area contributed by atoms with Crippen LogP contribution in [0.1, 0.15) is 60.9 Å². The van der Waals surface area contributed by atoms with Crippen LogP contribution in [0.15, 0.2) is 76.6 Å². The molecule has 4 aromatic rings. The first-order valence-electron chi connectivity index (χ1n) is 15.2. The Morgan fingerprint density at radius 1 is 0.957 bits per heavy atom. The smallest absolute Gasteiger partial charge is 0.416 e. The summed E-state index contributed by atoms with van der Waals surface area (Å²) in [5.74, 6) is -1.43. The van der Waals surface area contributed by atoms with Gasteiger partial charge in [-0.1, -0.05) is 61.5 Å². The molecule has 1 aromatic heterocycles. The monoisotopic (exact) mass is 654 g/mol. The second-order valence-electron chi connectivity index (χ2n) is 12.0. The van der Waals surface area contributed by atoms with Gasteiger partial charge in [-0.3, -0.25) is 9.36 Å². The molecule has 2 heterocycles. The standard InChI is InChI=1S/C34H33F3N2O6S/c1-2-26-28(18-21-9-5-8-20-7-3-4-12-27(20)21)30(22-10-6-11-23(17-22)34(35,36)37)32-39(31(26)41)29(33(42)43)19-38(46(32,44)45)24-13-15-25(40)16-14-24/h3-12,17,24-25,29,40H,2,13-16,18-19H2,1H3,(H,42,43)/t24-,25+,29?. The molecule has 1 aliphatic heterocycles. The van der Waals surface area contributed by atoms with Crippen molar-refractivity contribution in [3.63, 3.8) is 0 Å². The van der Waals surface area contributed by atoms with Gasteiger partial charge in [-0.05, 0) is 78.1 Å². The molecule has 242 valence electrons. The van der Waals surface area contributed by atoms with E-state index in [-0.39, 0.29) is 47.9 Å². The molecule has 1 fully saturated rings. The molecule has 0 radical (unpaired) electrons. The number of carboxylic acids is 1. The highest BCUT2D eigenvalue weighted by Crippen LogP contribution is 2.43. The van der Waals surface area contributed by atoms with Crippen LogP contribution in [-0.4, -0.2) is 52.2 Å². The molecule has 6 rings (SSSR count). The van der Waals surface area contributed by atoms with Gasteiger partial charge in [-0.15, -0.1) is 0 Å². The number of hydrogen-bond donors (Lipinski definition) is 2. The Bertz CT molecular complexity index is 1990. The second kappa shape index (κ2) is 12.0. The van der Waals surface area contributed by atoms with E-state index in [2.05, 4.69) is 0 Å². The van der Waals surface area contributed by atoms with E-state index in [1.54, 1.807) is 6.92 Å². The molecule has 46 heavy (non-hydrogen) atoms. The highest BCUT2D eigenvalue weighted by Gasteiger charge is 2.47. The summed E-state index contributed by atoms with van der Waals surface area (Å²) in [7, 11) is -4.63. The Kier molecular flexibility index (Phi) is 8.32. The minimum atomic E-state index is -4.75. The van der Waals surface area contributed by atoms with Crippen LogP contribution in [0.3, 0.4) is 0 Å². The second-order valence-corrected chi connectivity index (χ2v) is 13.8. The van der Waals surface area contributed by atoms with Gasteiger partial charge in [0.1, 0.15) is 6.04 Å². The highest BCUT2D eigenvalue weighted by atomic mass is 32.2. The molecular formula is C34H33F3N2O6S.